The Kier molecular flexibility index (Phi) is 4.51. The Labute approximate surface area is 101 Å². The average Bonchev–Trinajstić information content (AvgIpc) is 2.58. The van der Waals surface area contributed by atoms with Crippen LogP contribution in [0.25, 0.3) is 0 Å². The summed E-state index contributed by atoms with van der Waals surface area (Å²) in [6.07, 6.45) is 0.862. The van der Waals surface area contributed by atoms with Crippen molar-refractivity contribution in [3.8, 4) is 0 Å². The van der Waals surface area contributed by atoms with E-state index in [1.807, 2.05) is 0 Å². The number of rotatable bonds is 6. The third kappa shape index (κ3) is 2.61. The van der Waals surface area contributed by atoms with Gasteiger partial charge in [0.25, 0.3) is 0 Å². The number of carboxylic acids is 1. The maximum Gasteiger partial charge on any atom is 0.451 e. The quantitative estimate of drug-likeness (QED) is 0.295. The van der Waals surface area contributed by atoms with Gasteiger partial charge < -0.3 is 31.3 Å². The van der Waals surface area contributed by atoms with Gasteiger partial charge in [-0.15, -0.1) is 0 Å². The van der Waals surface area contributed by atoms with E-state index in [1.165, 1.54) is 0 Å². The monoisotopic (exact) mass is 248 g/mol. The summed E-state index contributed by atoms with van der Waals surface area (Å²) in [6.45, 7) is 0.0721. The normalized spacial score (nSPS) is 32.7. The van der Waals surface area contributed by atoms with E-state index in [0.29, 0.717) is 19.4 Å². The van der Waals surface area contributed by atoms with Crippen molar-refractivity contribution in [2.45, 2.75) is 24.7 Å². The summed E-state index contributed by atoms with van der Waals surface area (Å²) in [4.78, 5) is 11.2. The molecule has 0 radical (unpaired) electrons. The lowest BCUT2D eigenvalue weighted by atomic mass is 9.68. The van der Waals surface area contributed by atoms with Gasteiger partial charge in [0.15, 0.2) is 0 Å². The Bertz CT molecular complexity index is 296. The molecule has 0 amide bonds. The van der Waals surface area contributed by atoms with Gasteiger partial charge in [0.2, 0.25) is 0 Å². The Morgan fingerprint density at radius 2 is 2.12 bits per heavy atom. The Hall–Kier alpha value is -0.665. The molecular weight excluding hydrogens is 227 g/mol. The van der Waals surface area contributed by atoms with Crippen LogP contribution in [-0.2, 0) is 4.79 Å². The van der Waals surface area contributed by atoms with E-state index >= 15 is 0 Å². The van der Waals surface area contributed by atoms with Crippen LogP contribution in [0.5, 0.6) is 0 Å². The maximum atomic E-state index is 11.2. The highest BCUT2D eigenvalue weighted by Gasteiger charge is 2.57. The minimum atomic E-state index is -1.51. The first-order valence-electron chi connectivity index (χ1n) is 5.58. The number of nitrogens with one attached hydrogen (secondary N) is 1. The zero-order valence-electron chi connectivity index (χ0n) is 9.59. The summed E-state index contributed by atoms with van der Waals surface area (Å²) in [5, 5.41) is 39.0. The van der Waals surface area contributed by atoms with Crippen LogP contribution in [0, 0.1) is 5.41 Å². The van der Waals surface area contributed by atoms with Crippen LogP contribution in [0.4, 0.5) is 0 Å². The third-order valence-corrected chi connectivity index (χ3v) is 3.62. The van der Waals surface area contributed by atoms with Crippen molar-refractivity contribution in [3.05, 3.63) is 0 Å². The fraction of sp³-hybridized carbons (Fsp3) is 0.889. The number of aliphatic hydroxyl groups is 1. The second kappa shape index (κ2) is 5.32. The largest absolute Gasteiger partial charge is 0.480 e. The predicted octanol–water partition coefficient (Wildman–Crippen LogP) is -2.15. The van der Waals surface area contributed by atoms with Crippen LogP contribution in [-0.4, -0.2) is 58.6 Å². The van der Waals surface area contributed by atoms with Crippen LogP contribution >= 0.6 is 0 Å². The molecule has 0 aromatic carbocycles. The van der Waals surface area contributed by atoms with Crippen LogP contribution < -0.4 is 11.1 Å². The Morgan fingerprint density at radius 3 is 2.59 bits per heavy atom. The van der Waals surface area contributed by atoms with Crippen molar-refractivity contribution < 1.29 is 26.5 Å². The molecule has 8 heteroatoms. The minimum absolute atomic E-state index is 0. The molecule has 1 rings (SSSR count). The van der Waals surface area contributed by atoms with Gasteiger partial charge in [0, 0.05) is 19.9 Å². The molecule has 2 atom stereocenters. The number of aliphatic carboxylic acids is 1. The number of carboxylic acid groups (broad SMARTS) is 1. The Balaban J connectivity index is 0.00000289. The summed E-state index contributed by atoms with van der Waals surface area (Å²) in [7, 11) is -1.42. The summed E-state index contributed by atoms with van der Waals surface area (Å²) >= 11 is 0. The fourth-order valence-electron chi connectivity index (χ4n) is 2.36. The number of carbonyl (C=O) groups is 1. The number of aliphatic hydroxyl groups excluding tert-OH is 1. The van der Waals surface area contributed by atoms with Gasteiger partial charge in [0.05, 0.1) is 6.61 Å². The first-order chi connectivity index (χ1) is 7.88. The lowest BCUT2D eigenvalue weighted by Gasteiger charge is -2.38. The second-order valence-electron chi connectivity index (χ2n) is 4.69. The third-order valence-electron chi connectivity index (χ3n) is 3.62. The van der Waals surface area contributed by atoms with Crippen molar-refractivity contribution >= 4 is 13.1 Å². The molecule has 7 nitrogen and oxygen atoms in total. The molecule has 1 aliphatic rings. The highest BCUT2D eigenvalue weighted by Crippen LogP contribution is 2.38. The molecule has 0 saturated carbocycles. The van der Waals surface area contributed by atoms with Gasteiger partial charge in [-0.25, -0.2) is 0 Å². The molecule has 1 fully saturated rings. The van der Waals surface area contributed by atoms with Crippen molar-refractivity contribution in [1.29, 1.82) is 0 Å². The van der Waals surface area contributed by atoms with Gasteiger partial charge in [-0.2, -0.15) is 0 Å². The van der Waals surface area contributed by atoms with Crippen LogP contribution in [0.3, 0.4) is 0 Å². The summed E-state index contributed by atoms with van der Waals surface area (Å²) < 4.78 is 0. The average molecular weight is 248 g/mol. The minimum Gasteiger partial charge on any atom is -0.480 e. The lowest BCUT2D eigenvalue weighted by Crippen LogP contribution is -2.62. The standard InChI is InChI=1S/C9H19BN2O5.H2/c11-9(7(14)15)5-12-4-8(9,6-13)2-1-3-10(16)17;/h12-13,16-17H,1-6,11H2,(H,14,15);1H. The summed E-state index contributed by atoms with van der Waals surface area (Å²) in [5.74, 6) is -1.15. The summed E-state index contributed by atoms with van der Waals surface area (Å²) in [5.41, 5.74) is 3.40. The predicted molar refractivity (Wildman–Crippen MR) is 63.3 cm³/mol. The van der Waals surface area contributed by atoms with E-state index in [9.17, 15) is 15.0 Å². The number of hydrogen-bond donors (Lipinski definition) is 6. The zero-order valence-corrected chi connectivity index (χ0v) is 9.59. The molecule has 7 N–H and O–H groups in total. The van der Waals surface area contributed by atoms with Crippen molar-refractivity contribution in [2.24, 2.45) is 11.1 Å². The topological polar surface area (TPSA) is 136 Å². The smallest absolute Gasteiger partial charge is 0.451 e. The SMILES string of the molecule is NC1(C(=O)O)CNCC1(CO)CCCB(O)O.[HH]. The van der Waals surface area contributed by atoms with E-state index in [1.54, 1.807) is 0 Å². The highest BCUT2D eigenvalue weighted by molar-refractivity contribution is 6.40. The molecule has 0 aromatic heterocycles. The van der Waals surface area contributed by atoms with Crippen LogP contribution in [0.1, 0.15) is 14.3 Å². The second-order valence-corrected chi connectivity index (χ2v) is 4.69. The number of nitrogens with two attached hydrogens (primary N) is 1. The van der Waals surface area contributed by atoms with Gasteiger partial charge in [-0.3, -0.25) is 4.79 Å². The molecule has 2 unspecified atom stereocenters. The van der Waals surface area contributed by atoms with Crippen molar-refractivity contribution in [3.63, 3.8) is 0 Å². The first kappa shape index (κ1) is 14.4. The zero-order chi connectivity index (χ0) is 13.1. The van der Waals surface area contributed by atoms with E-state index in [2.05, 4.69) is 5.32 Å². The highest BCUT2D eigenvalue weighted by atomic mass is 16.4. The Morgan fingerprint density at radius 1 is 1.47 bits per heavy atom. The molecule has 17 heavy (non-hydrogen) atoms. The van der Waals surface area contributed by atoms with Gasteiger partial charge in [-0.05, 0) is 12.7 Å². The number of hydrogen-bond acceptors (Lipinski definition) is 6. The molecule has 100 valence electrons. The van der Waals surface area contributed by atoms with Crippen molar-refractivity contribution in [1.82, 2.24) is 5.32 Å². The molecule has 1 heterocycles. The molecule has 1 aliphatic heterocycles. The van der Waals surface area contributed by atoms with Crippen LogP contribution in [0.15, 0.2) is 0 Å². The van der Waals surface area contributed by atoms with E-state index < -0.39 is 24.0 Å². The fourth-order valence-corrected chi connectivity index (χ4v) is 2.36. The maximum absolute atomic E-state index is 11.2. The summed E-state index contributed by atoms with van der Waals surface area (Å²) in [6, 6.07) is 0. The first-order valence-corrected chi connectivity index (χ1v) is 5.58. The molecule has 0 aromatic rings. The molecular formula is C9H21BN2O5. The van der Waals surface area contributed by atoms with E-state index in [4.69, 9.17) is 15.8 Å². The van der Waals surface area contributed by atoms with E-state index in [-0.39, 0.29) is 20.9 Å². The lowest BCUT2D eigenvalue weighted by molar-refractivity contribution is -0.148. The van der Waals surface area contributed by atoms with Gasteiger partial charge in [0.1, 0.15) is 5.54 Å². The molecule has 1 saturated heterocycles. The van der Waals surface area contributed by atoms with Crippen molar-refractivity contribution in [2.75, 3.05) is 19.7 Å². The van der Waals surface area contributed by atoms with Gasteiger partial charge in [-0.1, -0.05) is 6.42 Å². The van der Waals surface area contributed by atoms with E-state index in [0.717, 1.165) is 0 Å². The molecule has 0 bridgehead atoms. The van der Waals surface area contributed by atoms with Crippen LogP contribution in [0.2, 0.25) is 6.32 Å². The molecule has 0 aliphatic carbocycles. The van der Waals surface area contributed by atoms with Gasteiger partial charge >= 0.3 is 13.1 Å². The molecule has 0 spiro atoms.